The van der Waals surface area contributed by atoms with E-state index >= 15 is 0 Å². The zero-order chi connectivity index (χ0) is 23.1. The van der Waals surface area contributed by atoms with Crippen molar-refractivity contribution in [3.63, 3.8) is 0 Å². The topological polar surface area (TPSA) is 53.2 Å². The largest absolute Gasteiger partial charge is 0.423 e. The van der Waals surface area contributed by atoms with Crippen LogP contribution in [-0.2, 0) is 4.79 Å². The second-order valence-corrected chi connectivity index (χ2v) is 8.14. The number of hydrogen-bond donors (Lipinski definition) is 0. The molecular weight excluding hydrogens is 424 g/mol. The predicted molar refractivity (Wildman–Crippen MR) is 132 cm³/mol. The first kappa shape index (κ1) is 20.0. The van der Waals surface area contributed by atoms with Gasteiger partial charge in [-0.3, -0.25) is 4.79 Å². The van der Waals surface area contributed by atoms with E-state index in [2.05, 4.69) is 0 Å². The quantitative estimate of drug-likeness (QED) is 0.213. The maximum Gasteiger partial charge on any atom is 0.336 e. The summed E-state index contributed by atoms with van der Waals surface area (Å²) in [4.78, 5) is 26.7. The molecule has 4 aromatic carbocycles. The smallest absolute Gasteiger partial charge is 0.336 e. The first-order valence-corrected chi connectivity index (χ1v) is 11.1. The Kier molecular flexibility index (Phi) is 4.73. The van der Waals surface area contributed by atoms with E-state index in [4.69, 9.17) is 4.74 Å². The maximum absolute atomic E-state index is 13.7. The Morgan fingerprint density at radius 2 is 1.41 bits per heavy atom. The van der Waals surface area contributed by atoms with Crippen LogP contribution in [0.1, 0.15) is 17.2 Å². The summed E-state index contributed by atoms with van der Waals surface area (Å²) in [5.41, 5.74) is 4.05. The van der Waals surface area contributed by atoms with Crippen molar-refractivity contribution in [1.29, 1.82) is 0 Å². The molecule has 34 heavy (non-hydrogen) atoms. The van der Waals surface area contributed by atoms with Gasteiger partial charge < -0.3 is 4.74 Å². The lowest BCUT2D eigenvalue weighted by Crippen LogP contribution is -2.33. The molecule has 2 heterocycles. The van der Waals surface area contributed by atoms with Crippen LogP contribution >= 0.6 is 0 Å². The van der Waals surface area contributed by atoms with Crippen molar-refractivity contribution in [1.82, 2.24) is 9.36 Å². The number of fused-ring (bicyclic) bond motifs is 5. The molecule has 5 nitrogen and oxygen atoms in total. The lowest BCUT2D eigenvalue weighted by molar-refractivity contribution is -0.128. The van der Waals surface area contributed by atoms with E-state index < -0.39 is 12.0 Å². The Morgan fingerprint density at radius 3 is 2.21 bits per heavy atom. The van der Waals surface area contributed by atoms with Crippen molar-refractivity contribution in [3.05, 3.63) is 137 Å². The van der Waals surface area contributed by atoms with Crippen molar-refractivity contribution in [2.24, 2.45) is 0 Å². The third kappa shape index (κ3) is 3.18. The second-order valence-electron chi connectivity index (χ2n) is 8.14. The van der Waals surface area contributed by atoms with Gasteiger partial charge in [-0.05, 0) is 41.5 Å². The molecule has 1 aliphatic heterocycles. The summed E-state index contributed by atoms with van der Waals surface area (Å²) in [7, 11) is 0. The fourth-order valence-corrected chi connectivity index (χ4v) is 4.70. The summed E-state index contributed by atoms with van der Waals surface area (Å²) >= 11 is 0. The highest BCUT2D eigenvalue weighted by Crippen LogP contribution is 2.41. The van der Waals surface area contributed by atoms with Crippen LogP contribution in [0.5, 0.6) is 5.75 Å². The van der Waals surface area contributed by atoms with E-state index in [0.29, 0.717) is 16.7 Å². The number of aromatic nitrogens is 2. The maximum atomic E-state index is 13.7. The summed E-state index contributed by atoms with van der Waals surface area (Å²) in [5, 5.41) is 0.631. The molecule has 0 bridgehead atoms. The molecular formula is C29H20N2O3. The number of hydrogen-bond acceptors (Lipinski definition) is 3. The molecule has 1 aromatic heterocycles. The average molecular weight is 444 g/mol. The van der Waals surface area contributed by atoms with Gasteiger partial charge in [0.15, 0.2) is 0 Å². The Hall–Kier alpha value is -4.64. The fourth-order valence-electron chi connectivity index (χ4n) is 4.70. The second kappa shape index (κ2) is 8.05. The number of nitrogens with zero attached hydrogens (tertiary/aromatic N) is 2. The number of rotatable bonds is 3. The van der Waals surface area contributed by atoms with Crippen LogP contribution in [0.3, 0.4) is 0 Å². The molecule has 0 amide bonds. The van der Waals surface area contributed by atoms with Gasteiger partial charge in [-0.15, -0.1) is 0 Å². The lowest BCUT2D eigenvalue weighted by Gasteiger charge is -2.32. The molecule has 5 aromatic rings. The molecule has 1 unspecified atom stereocenters. The first-order valence-electron chi connectivity index (χ1n) is 11.1. The number of carbonyl (C=O) groups excluding carboxylic acids is 1. The summed E-state index contributed by atoms with van der Waals surface area (Å²) in [6.45, 7) is 0. The summed E-state index contributed by atoms with van der Waals surface area (Å²) < 4.78 is 9.29. The number of allylic oxidation sites excluding steroid dienone is 1. The van der Waals surface area contributed by atoms with Gasteiger partial charge >= 0.3 is 5.97 Å². The Balaban J connectivity index is 1.63. The average Bonchev–Trinajstić information content (AvgIpc) is 3.18. The number of para-hydroxylation sites is 3. The minimum atomic E-state index is -0.501. The first-order chi connectivity index (χ1) is 16.7. The molecule has 0 N–H and O–H groups in total. The van der Waals surface area contributed by atoms with Gasteiger partial charge in [0, 0.05) is 11.6 Å². The summed E-state index contributed by atoms with van der Waals surface area (Å²) in [6.07, 6.45) is 1.51. The predicted octanol–water partition coefficient (Wildman–Crippen LogP) is 5.38. The zero-order valence-corrected chi connectivity index (χ0v) is 18.2. The normalized spacial score (nSPS) is 15.6. The van der Waals surface area contributed by atoms with Gasteiger partial charge in [-0.2, -0.15) is 0 Å². The van der Waals surface area contributed by atoms with Crippen LogP contribution < -0.4 is 10.3 Å². The SMILES string of the molecule is O=C(/C=C1/c2ccccc2-n2c3ccccc3c(=O)n2C1c1ccccc1)Oc1ccccc1. The third-order valence-corrected chi connectivity index (χ3v) is 6.12. The zero-order valence-electron chi connectivity index (χ0n) is 18.2. The Labute approximate surface area is 195 Å². The minimum absolute atomic E-state index is 0.110. The van der Waals surface area contributed by atoms with E-state index in [1.807, 2.05) is 102 Å². The van der Waals surface area contributed by atoms with E-state index in [-0.39, 0.29) is 5.56 Å². The lowest BCUT2D eigenvalue weighted by atomic mass is 9.90. The molecule has 0 saturated heterocycles. The molecule has 0 aliphatic carbocycles. The Morgan fingerprint density at radius 1 is 0.765 bits per heavy atom. The van der Waals surface area contributed by atoms with E-state index in [1.165, 1.54) is 6.08 Å². The molecule has 0 radical (unpaired) electrons. The van der Waals surface area contributed by atoms with Crippen molar-refractivity contribution < 1.29 is 9.53 Å². The molecule has 1 aliphatic rings. The van der Waals surface area contributed by atoms with Crippen LogP contribution in [0.2, 0.25) is 0 Å². The van der Waals surface area contributed by atoms with E-state index in [9.17, 15) is 9.59 Å². The Bertz CT molecular complexity index is 1610. The standard InChI is InChI=1S/C29H20N2O3/c32-27(34-21-13-5-2-6-14-21)19-24-22-15-7-9-17-25(22)30-26-18-10-8-16-23(26)29(33)31(30)28(24)20-11-3-1-4-12-20/h1-19,28H/b24-19-. The van der Waals surface area contributed by atoms with Crippen molar-refractivity contribution >= 4 is 22.4 Å². The summed E-state index contributed by atoms with van der Waals surface area (Å²) in [6, 6.07) is 33.7. The third-order valence-electron chi connectivity index (χ3n) is 6.12. The number of benzene rings is 4. The van der Waals surface area contributed by atoms with Crippen LogP contribution in [0, 0.1) is 0 Å². The van der Waals surface area contributed by atoms with Gasteiger partial charge in [-0.1, -0.05) is 78.9 Å². The molecule has 164 valence electrons. The highest BCUT2D eigenvalue weighted by atomic mass is 16.5. The van der Waals surface area contributed by atoms with E-state index in [1.54, 1.807) is 16.8 Å². The monoisotopic (exact) mass is 444 g/mol. The highest BCUT2D eigenvalue weighted by Gasteiger charge is 2.33. The van der Waals surface area contributed by atoms with Crippen LogP contribution in [0.25, 0.3) is 22.2 Å². The molecule has 0 saturated carbocycles. The molecule has 0 spiro atoms. The number of ether oxygens (including phenoxy) is 1. The van der Waals surface area contributed by atoms with Gasteiger partial charge in [0.1, 0.15) is 11.8 Å². The van der Waals surface area contributed by atoms with Crippen molar-refractivity contribution in [2.75, 3.05) is 0 Å². The van der Waals surface area contributed by atoms with Gasteiger partial charge in [0.05, 0.1) is 16.6 Å². The molecule has 1 atom stereocenters. The number of carbonyl (C=O) groups is 1. The van der Waals surface area contributed by atoms with Crippen LogP contribution in [-0.4, -0.2) is 15.3 Å². The van der Waals surface area contributed by atoms with Crippen molar-refractivity contribution in [3.8, 4) is 11.4 Å². The van der Waals surface area contributed by atoms with Crippen LogP contribution in [0.15, 0.2) is 120 Å². The number of esters is 1. The molecule has 6 rings (SSSR count). The van der Waals surface area contributed by atoms with Gasteiger partial charge in [0.2, 0.25) is 0 Å². The fraction of sp³-hybridized carbons (Fsp3) is 0.0345. The highest BCUT2D eigenvalue weighted by molar-refractivity contribution is 5.97. The summed E-state index contributed by atoms with van der Waals surface area (Å²) in [5.74, 6) is -0.0227. The van der Waals surface area contributed by atoms with Crippen LogP contribution in [0.4, 0.5) is 0 Å². The molecule has 5 heteroatoms. The van der Waals surface area contributed by atoms with E-state index in [0.717, 1.165) is 22.3 Å². The van der Waals surface area contributed by atoms with Gasteiger partial charge in [0.25, 0.3) is 5.56 Å². The molecule has 0 fully saturated rings. The van der Waals surface area contributed by atoms with Gasteiger partial charge in [-0.25, -0.2) is 14.2 Å². The van der Waals surface area contributed by atoms with Crippen molar-refractivity contribution in [2.45, 2.75) is 6.04 Å². The minimum Gasteiger partial charge on any atom is -0.423 e.